The average Bonchev–Trinajstić information content (AvgIpc) is 3.83. The molecule has 15 nitrogen and oxygen atoms in total. The molecular formula is C54H50N6O9S2. The number of ether oxygens (including phenoxy) is 6. The summed E-state index contributed by atoms with van der Waals surface area (Å²) in [6.45, 7) is 3.85. The second kappa shape index (κ2) is 21.8. The number of nitrogens with zero attached hydrogens (tertiary/aromatic N) is 5. The number of benzene rings is 6. The van der Waals surface area contributed by atoms with Crippen molar-refractivity contribution >= 4 is 88.5 Å². The van der Waals surface area contributed by atoms with Crippen LogP contribution in [0.1, 0.15) is 63.1 Å². The second-order valence-electron chi connectivity index (χ2n) is 17.2. The van der Waals surface area contributed by atoms with E-state index in [-0.39, 0.29) is 36.0 Å². The van der Waals surface area contributed by atoms with E-state index in [1.807, 2.05) is 91.9 Å². The fourth-order valence-electron chi connectivity index (χ4n) is 8.49. The number of carbonyl (C=O) groups excluding carboxylic acids is 2. The zero-order valence-corrected chi connectivity index (χ0v) is 40.6. The molecule has 0 spiro atoms. The van der Waals surface area contributed by atoms with Crippen molar-refractivity contribution in [1.82, 2.24) is 9.97 Å². The number of hydrogen-bond acceptors (Lipinski definition) is 17. The Labute approximate surface area is 417 Å². The van der Waals surface area contributed by atoms with E-state index in [1.165, 1.54) is 54.4 Å². The standard InChI is InChI=1S/C54H50N6O9S2/c1-33-24-39(30-55-59-53-57-42-8-3-5-10-48(42)70-53)50(40(25-33)31-56-60(20-21-61)54-58-43-9-4-6-11-49(43)71-54)69-52(63)38-16-19-44(46(29-38)64-2)68-51(62)37-14-13-36-28-41(17-15-35(36)27-37)66-23-7-22-65-32-34-12-18-45-47(26-34)67-45/h3-6,8-11,13-17,19,24-25,27-31,34,45,47,61H,7,12,18,20-23,26,32H2,1-2H3,(H,57,59)/b55-30+,56-31+. The van der Waals surface area contributed by atoms with Gasteiger partial charge in [0.25, 0.3) is 0 Å². The summed E-state index contributed by atoms with van der Waals surface area (Å²) in [6, 6.07) is 34.7. The Bertz CT molecular complexity index is 3220. The van der Waals surface area contributed by atoms with Gasteiger partial charge >= 0.3 is 11.9 Å². The zero-order chi connectivity index (χ0) is 48.7. The SMILES string of the molecule is COc1cc(C(=O)Oc2c(/C=N/Nc3nc4ccccc4s3)cc(C)cc2/C=N/N(CCO)c2nc3ccccc3s2)ccc1OC(=O)c1ccc2cc(OCCCOCC3CCC4OC4C3)ccc2c1. The van der Waals surface area contributed by atoms with Gasteiger partial charge in [0.1, 0.15) is 11.5 Å². The highest BCUT2D eigenvalue weighted by Crippen LogP contribution is 2.39. The highest BCUT2D eigenvalue weighted by atomic mass is 32.1. The topological polar surface area (TPSA) is 179 Å². The smallest absolute Gasteiger partial charge is 0.343 e. The van der Waals surface area contributed by atoms with Crippen molar-refractivity contribution in [2.24, 2.45) is 16.1 Å². The van der Waals surface area contributed by atoms with Crippen molar-refractivity contribution in [2.75, 3.05) is 50.5 Å². The van der Waals surface area contributed by atoms with Crippen LogP contribution in [-0.2, 0) is 9.47 Å². The van der Waals surface area contributed by atoms with Gasteiger partial charge in [-0.2, -0.15) is 10.2 Å². The lowest BCUT2D eigenvalue weighted by Crippen LogP contribution is -2.20. The largest absolute Gasteiger partial charge is 0.493 e. The third-order valence-corrected chi connectivity index (χ3v) is 14.1. The van der Waals surface area contributed by atoms with Crippen LogP contribution in [0.15, 0.2) is 125 Å². The number of para-hydroxylation sites is 2. The van der Waals surface area contributed by atoms with Crippen LogP contribution in [0.2, 0.25) is 0 Å². The number of hydrazone groups is 2. The Kier molecular flexibility index (Phi) is 14.5. The van der Waals surface area contributed by atoms with Crippen LogP contribution in [0.4, 0.5) is 10.3 Å². The summed E-state index contributed by atoms with van der Waals surface area (Å²) in [4.78, 5) is 37.0. The molecule has 0 amide bonds. The fraction of sp³-hybridized carbons (Fsp3) is 0.259. The summed E-state index contributed by atoms with van der Waals surface area (Å²) in [5.74, 6) is 0.416. The fourth-order valence-corrected chi connectivity index (χ4v) is 10.3. The molecule has 2 aromatic heterocycles. The van der Waals surface area contributed by atoms with Gasteiger partial charge in [0.05, 0.1) is 83.1 Å². The van der Waals surface area contributed by atoms with Gasteiger partial charge in [-0.3, -0.25) is 5.43 Å². The molecule has 6 aromatic carbocycles. The quantitative estimate of drug-likeness (QED) is 0.0184. The molecule has 3 unspecified atom stereocenters. The minimum atomic E-state index is -0.723. The van der Waals surface area contributed by atoms with Crippen LogP contribution in [0.5, 0.6) is 23.0 Å². The Balaban J connectivity index is 0.826. The van der Waals surface area contributed by atoms with E-state index in [4.69, 9.17) is 38.5 Å². The molecule has 71 heavy (non-hydrogen) atoms. The number of carbonyl (C=O) groups is 2. The molecule has 0 bridgehead atoms. The summed E-state index contributed by atoms with van der Waals surface area (Å²) >= 11 is 2.90. The van der Waals surface area contributed by atoms with Gasteiger partial charge in [-0.05, 0) is 127 Å². The predicted octanol–water partition coefficient (Wildman–Crippen LogP) is 10.4. The van der Waals surface area contributed by atoms with E-state index >= 15 is 0 Å². The number of nitrogens with one attached hydrogen (secondary N) is 1. The molecule has 0 radical (unpaired) electrons. The van der Waals surface area contributed by atoms with Gasteiger partial charge in [-0.15, -0.1) is 0 Å². The third kappa shape index (κ3) is 11.5. The van der Waals surface area contributed by atoms with Crippen molar-refractivity contribution in [2.45, 2.75) is 44.8 Å². The minimum absolute atomic E-state index is 0.113. The van der Waals surface area contributed by atoms with Crippen molar-refractivity contribution in [3.8, 4) is 23.0 Å². The molecule has 1 aliphatic heterocycles. The Hall–Kier alpha value is -7.28. The molecule has 3 heterocycles. The van der Waals surface area contributed by atoms with Crippen LogP contribution >= 0.6 is 22.7 Å². The monoisotopic (exact) mass is 990 g/mol. The van der Waals surface area contributed by atoms with Gasteiger partial charge in [-0.25, -0.2) is 24.6 Å². The summed E-state index contributed by atoms with van der Waals surface area (Å²) in [5.41, 5.74) is 6.88. The van der Waals surface area contributed by atoms with Gasteiger partial charge in [-0.1, -0.05) is 59.1 Å². The number of rotatable bonds is 20. The summed E-state index contributed by atoms with van der Waals surface area (Å²) in [6.07, 6.45) is 8.30. The van der Waals surface area contributed by atoms with E-state index < -0.39 is 11.9 Å². The van der Waals surface area contributed by atoms with E-state index in [0.29, 0.717) is 58.3 Å². The van der Waals surface area contributed by atoms with Crippen molar-refractivity contribution in [3.63, 3.8) is 0 Å². The highest BCUT2D eigenvalue weighted by Gasteiger charge is 2.43. The van der Waals surface area contributed by atoms with Gasteiger partial charge in [0.2, 0.25) is 10.3 Å². The van der Waals surface area contributed by atoms with Crippen LogP contribution in [0, 0.1) is 12.8 Å². The average molecular weight is 991 g/mol. The summed E-state index contributed by atoms with van der Waals surface area (Å²) in [5, 5.41) is 23.7. The number of esters is 2. The number of aliphatic hydroxyl groups is 1. The number of aryl methyl sites for hydroxylation is 1. The molecule has 3 atom stereocenters. The van der Waals surface area contributed by atoms with E-state index in [9.17, 15) is 14.7 Å². The number of aromatic nitrogens is 2. The number of thiazole rings is 2. The van der Waals surface area contributed by atoms with Crippen molar-refractivity contribution < 1.29 is 43.1 Å². The normalized spacial score (nSPS) is 16.4. The maximum absolute atomic E-state index is 14.1. The second-order valence-corrected chi connectivity index (χ2v) is 19.3. The number of hydrogen-bond donors (Lipinski definition) is 2. The Morgan fingerprint density at radius 3 is 2.32 bits per heavy atom. The van der Waals surface area contributed by atoms with E-state index in [1.54, 1.807) is 29.6 Å². The number of aliphatic hydroxyl groups excluding tert-OH is 1. The first-order valence-electron chi connectivity index (χ1n) is 23.4. The lowest BCUT2D eigenvalue weighted by molar-refractivity contribution is 0.0728. The summed E-state index contributed by atoms with van der Waals surface area (Å²) in [7, 11) is 1.42. The molecule has 1 saturated heterocycles. The molecule has 10 rings (SSSR count). The number of epoxide rings is 1. The maximum Gasteiger partial charge on any atom is 0.343 e. The zero-order valence-electron chi connectivity index (χ0n) is 39.0. The first-order valence-corrected chi connectivity index (χ1v) is 25.0. The van der Waals surface area contributed by atoms with E-state index in [2.05, 4.69) is 15.5 Å². The lowest BCUT2D eigenvalue weighted by atomic mass is 9.90. The summed E-state index contributed by atoms with van der Waals surface area (Å²) < 4.78 is 37.2. The number of fused-ring (bicyclic) bond motifs is 4. The third-order valence-electron chi connectivity index (χ3n) is 12.1. The molecule has 2 N–H and O–H groups in total. The molecule has 8 aromatic rings. The number of anilines is 2. The van der Waals surface area contributed by atoms with Crippen LogP contribution in [0.25, 0.3) is 31.2 Å². The van der Waals surface area contributed by atoms with Crippen LogP contribution < -0.4 is 29.4 Å². The number of methoxy groups -OCH3 is 1. The first kappa shape index (κ1) is 47.4. The molecule has 2 aliphatic rings. The van der Waals surface area contributed by atoms with Gasteiger partial charge in [0, 0.05) is 30.8 Å². The predicted molar refractivity (Wildman–Crippen MR) is 277 cm³/mol. The lowest BCUT2D eigenvalue weighted by Gasteiger charge is -2.18. The van der Waals surface area contributed by atoms with Gasteiger partial charge in [0.15, 0.2) is 11.5 Å². The minimum Gasteiger partial charge on any atom is -0.493 e. The Morgan fingerprint density at radius 2 is 1.54 bits per heavy atom. The Morgan fingerprint density at radius 1 is 0.803 bits per heavy atom. The van der Waals surface area contributed by atoms with Crippen LogP contribution in [0.3, 0.4) is 0 Å². The maximum atomic E-state index is 14.1. The molecule has 1 aliphatic carbocycles. The molecule has 362 valence electrons. The molecule has 2 fully saturated rings. The van der Waals surface area contributed by atoms with Gasteiger partial charge < -0.3 is 33.5 Å². The molecule has 1 saturated carbocycles. The molecule has 17 heteroatoms. The highest BCUT2D eigenvalue weighted by molar-refractivity contribution is 7.22. The molecular weight excluding hydrogens is 941 g/mol. The first-order chi connectivity index (χ1) is 34.8. The van der Waals surface area contributed by atoms with E-state index in [0.717, 1.165) is 68.4 Å². The van der Waals surface area contributed by atoms with Crippen molar-refractivity contribution in [3.05, 3.63) is 143 Å². The van der Waals surface area contributed by atoms with Crippen molar-refractivity contribution in [1.29, 1.82) is 0 Å². The van der Waals surface area contributed by atoms with Crippen LogP contribution in [-0.4, -0.2) is 91.7 Å².